The van der Waals surface area contributed by atoms with Crippen molar-refractivity contribution in [2.45, 2.75) is 31.8 Å². The molecule has 0 radical (unpaired) electrons. The predicted octanol–water partition coefficient (Wildman–Crippen LogP) is 3.59. The number of carbonyl (C=O) groups excluding carboxylic acids is 1. The summed E-state index contributed by atoms with van der Waals surface area (Å²) in [5.41, 5.74) is 0.0136. The van der Waals surface area contributed by atoms with Crippen LogP contribution in [0.4, 0.5) is 0 Å². The quantitative estimate of drug-likeness (QED) is 0.795. The lowest BCUT2D eigenvalue weighted by Crippen LogP contribution is -2.33. The van der Waals surface area contributed by atoms with Gasteiger partial charge in [0.1, 0.15) is 0 Å². The summed E-state index contributed by atoms with van der Waals surface area (Å²) >= 11 is 6.81. The number of hydrogen-bond acceptors (Lipinski definition) is 2. The molecule has 1 unspecified atom stereocenters. The fourth-order valence-electron chi connectivity index (χ4n) is 2.30. The number of carbonyl (C=O) groups is 1. The van der Waals surface area contributed by atoms with Crippen LogP contribution >= 0.6 is 31.9 Å². The fraction of sp³-hybridized carbons (Fsp3) is 0.500. The first-order valence-corrected chi connectivity index (χ1v) is 7.94. The third-order valence-corrected chi connectivity index (χ3v) is 4.69. The topological polar surface area (TPSA) is 40.5 Å². The van der Waals surface area contributed by atoms with Gasteiger partial charge < -0.3 is 10.0 Å². The van der Waals surface area contributed by atoms with Crippen molar-refractivity contribution >= 4 is 37.8 Å². The van der Waals surface area contributed by atoms with Crippen molar-refractivity contribution in [1.29, 1.82) is 0 Å². The molecule has 1 heterocycles. The van der Waals surface area contributed by atoms with Crippen molar-refractivity contribution in [3.05, 3.63) is 32.7 Å². The summed E-state index contributed by atoms with van der Waals surface area (Å²) in [7, 11) is 0. The zero-order valence-corrected chi connectivity index (χ0v) is 14.0. The van der Waals surface area contributed by atoms with Crippen LogP contribution in [-0.4, -0.2) is 34.6 Å². The van der Waals surface area contributed by atoms with Crippen molar-refractivity contribution in [3.8, 4) is 0 Å². The zero-order valence-electron chi connectivity index (χ0n) is 10.8. The standard InChI is InChI=1S/C14H17Br2NO2/c1-14(19)5-2-7-17(8-6-14)13(18)11-9-10(15)3-4-12(11)16/h3-4,9,19H,2,5-8H2,1H3. The Kier molecular flexibility index (Phi) is 4.69. The first-order chi connectivity index (χ1) is 8.89. The molecule has 1 aliphatic heterocycles. The van der Waals surface area contributed by atoms with Gasteiger partial charge in [-0.1, -0.05) is 15.9 Å². The van der Waals surface area contributed by atoms with E-state index in [1.54, 1.807) is 0 Å². The van der Waals surface area contributed by atoms with Gasteiger partial charge in [0.25, 0.3) is 5.91 Å². The van der Waals surface area contributed by atoms with Crippen molar-refractivity contribution in [1.82, 2.24) is 4.90 Å². The highest BCUT2D eigenvalue weighted by atomic mass is 79.9. The van der Waals surface area contributed by atoms with Crippen LogP contribution in [0.15, 0.2) is 27.1 Å². The van der Waals surface area contributed by atoms with Crippen molar-refractivity contribution in [3.63, 3.8) is 0 Å². The van der Waals surface area contributed by atoms with Gasteiger partial charge in [-0.15, -0.1) is 0 Å². The number of hydrogen-bond donors (Lipinski definition) is 1. The predicted molar refractivity (Wildman–Crippen MR) is 82.2 cm³/mol. The molecule has 1 saturated heterocycles. The third kappa shape index (κ3) is 3.80. The summed E-state index contributed by atoms with van der Waals surface area (Å²) in [6.07, 6.45) is 2.21. The van der Waals surface area contributed by atoms with Gasteiger partial charge in [0.05, 0.1) is 11.2 Å². The Labute approximate surface area is 130 Å². The van der Waals surface area contributed by atoms with E-state index in [0.29, 0.717) is 25.1 Å². The monoisotopic (exact) mass is 389 g/mol. The molecule has 1 aromatic rings. The number of halogens is 2. The van der Waals surface area contributed by atoms with Crippen LogP contribution in [0.25, 0.3) is 0 Å². The van der Waals surface area contributed by atoms with Crippen molar-refractivity contribution < 1.29 is 9.90 Å². The Morgan fingerprint density at radius 2 is 2.05 bits per heavy atom. The molecule has 3 nitrogen and oxygen atoms in total. The normalized spacial score (nSPS) is 24.1. The zero-order chi connectivity index (χ0) is 14.0. The van der Waals surface area contributed by atoms with E-state index in [9.17, 15) is 9.90 Å². The van der Waals surface area contributed by atoms with E-state index in [0.717, 1.165) is 21.8 Å². The molecule has 19 heavy (non-hydrogen) atoms. The van der Waals surface area contributed by atoms with Gasteiger partial charge in [0, 0.05) is 22.0 Å². The third-order valence-electron chi connectivity index (χ3n) is 3.51. The van der Waals surface area contributed by atoms with E-state index in [1.165, 1.54) is 0 Å². The van der Waals surface area contributed by atoms with Crippen LogP contribution in [0.5, 0.6) is 0 Å². The molecular weight excluding hydrogens is 374 g/mol. The number of rotatable bonds is 1. The van der Waals surface area contributed by atoms with E-state index >= 15 is 0 Å². The minimum atomic E-state index is -0.649. The Bertz CT molecular complexity index is 488. The summed E-state index contributed by atoms with van der Waals surface area (Å²) in [5.74, 6) is 0.0193. The van der Waals surface area contributed by atoms with Crippen LogP contribution in [0, 0.1) is 0 Å². The van der Waals surface area contributed by atoms with E-state index in [2.05, 4.69) is 31.9 Å². The average molecular weight is 391 g/mol. The maximum Gasteiger partial charge on any atom is 0.255 e. The number of nitrogens with zero attached hydrogens (tertiary/aromatic N) is 1. The molecule has 2 rings (SSSR count). The average Bonchev–Trinajstić information content (AvgIpc) is 2.52. The molecular formula is C14H17Br2NO2. The second kappa shape index (κ2) is 5.94. The molecule has 1 amide bonds. The molecule has 1 N–H and O–H groups in total. The molecule has 0 aliphatic carbocycles. The minimum Gasteiger partial charge on any atom is -0.390 e. The summed E-state index contributed by atoms with van der Waals surface area (Å²) in [6.45, 7) is 3.15. The van der Waals surface area contributed by atoms with E-state index in [1.807, 2.05) is 30.0 Å². The highest BCUT2D eigenvalue weighted by Crippen LogP contribution is 2.26. The Hall–Kier alpha value is -0.390. The number of benzene rings is 1. The molecule has 5 heteroatoms. The lowest BCUT2D eigenvalue weighted by molar-refractivity contribution is 0.0438. The van der Waals surface area contributed by atoms with Gasteiger partial charge in [-0.3, -0.25) is 4.79 Å². The second-order valence-electron chi connectivity index (χ2n) is 5.27. The van der Waals surface area contributed by atoms with Crippen LogP contribution < -0.4 is 0 Å². The summed E-state index contributed by atoms with van der Waals surface area (Å²) in [4.78, 5) is 14.4. The molecule has 1 atom stereocenters. The minimum absolute atomic E-state index is 0.0193. The van der Waals surface area contributed by atoms with Gasteiger partial charge in [0.2, 0.25) is 0 Å². The summed E-state index contributed by atoms with van der Waals surface area (Å²) in [5, 5.41) is 10.1. The Morgan fingerprint density at radius 3 is 2.79 bits per heavy atom. The molecule has 104 valence electrons. The molecule has 1 aliphatic rings. The summed E-state index contributed by atoms with van der Waals surface area (Å²) < 4.78 is 1.69. The van der Waals surface area contributed by atoms with Crippen LogP contribution in [0.1, 0.15) is 36.5 Å². The Balaban J connectivity index is 2.17. The summed E-state index contributed by atoms with van der Waals surface area (Å²) in [6, 6.07) is 5.59. The van der Waals surface area contributed by atoms with Gasteiger partial charge in [-0.2, -0.15) is 0 Å². The number of likely N-dealkylation sites (tertiary alicyclic amines) is 1. The maximum atomic E-state index is 12.5. The lowest BCUT2D eigenvalue weighted by atomic mass is 9.98. The van der Waals surface area contributed by atoms with Crippen molar-refractivity contribution in [2.24, 2.45) is 0 Å². The smallest absolute Gasteiger partial charge is 0.255 e. The SMILES string of the molecule is CC1(O)CCCN(C(=O)c2cc(Br)ccc2Br)CC1. The molecule has 1 fully saturated rings. The highest BCUT2D eigenvalue weighted by molar-refractivity contribution is 9.11. The van der Waals surface area contributed by atoms with Crippen LogP contribution in [0.2, 0.25) is 0 Å². The van der Waals surface area contributed by atoms with E-state index in [-0.39, 0.29) is 5.91 Å². The molecule has 0 spiro atoms. The van der Waals surface area contributed by atoms with Gasteiger partial charge in [-0.25, -0.2) is 0 Å². The Morgan fingerprint density at radius 1 is 1.32 bits per heavy atom. The molecule has 0 bridgehead atoms. The van der Waals surface area contributed by atoms with Crippen LogP contribution in [0.3, 0.4) is 0 Å². The van der Waals surface area contributed by atoms with E-state index < -0.39 is 5.60 Å². The first-order valence-electron chi connectivity index (χ1n) is 6.36. The van der Waals surface area contributed by atoms with Gasteiger partial charge in [-0.05, 0) is 60.3 Å². The van der Waals surface area contributed by atoms with Crippen molar-refractivity contribution in [2.75, 3.05) is 13.1 Å². The maximum absolute atomic E-state index is 12.5. The first kappa shape index (κ1) is 15.0. The largest absolute Gasteiger partial charge is 0.390 e. The molecule has 1 aromatic carbocycles. The molecule has 0 aromatic heterocycles. The van der Waals surface area contributed by atoms with Gasteiger partial charge >= 0.3 is 0 Å². The highest BCUT2D eigenvalue weighted by Gasteiger charge is 2.28. The molecule has 0 saturated carbocycles. The number of amides is 1. The van der Waals surface area contributed by atoms with Crippen LogP contribution in [-0.2, 0) is 0 Å². The number of aliphatic hydroxyl groups is 1. The van der Waals surface area contributed by atoms with E-state index in [4.69, 9.17) is 0 Å². The fourth-order valence-corrected chi connectivity index (χ4v) is 3.08. The lowest BCUT2D eigenvalue weighted by Gasteiger charge is -2.23. The van der Waals surface area contributed by atoms with Gasteiger partial charge in [0.15, 0.2) is 0 Å². The second-order valence-corrected chi connectivity index (χ2v) is 7.04.